The molecule has 0 aliphatic heterocycles. The van der Waals surface area contributed by atoms with E-state index >= 15 is 0 Å². The predicted molar refractivity (Wildman–Crippen MR) is 98.5 cm³/mol. The van der Waals surface area contributed by atoms with Crippen LogP contribution in [0.15, 0.2) is 53.0 Å². The fourth-order valence-corrected chi connectivity index (χ4v) is 2.57. The molecule has 1 N–H and O–H groups in total. The molecule has 0 saturated carbocycles. The van der Waals surface area contributed by atoms with Gasteiger partial charge in [-0.2, -0.15) is 0 Å². The van der Waals surface area contributed by atoms with Crippen molar-refractivity contribution in [2.45, 2.75) is 26.5 Å². The summed E-state index contributed by atoms with van der Waals surface area (Å²) in [4.78, 5) is 23.8. The van der Waals surface area contributed by atoms with Crippen LogP contribution < -0.4 is 10.1 Å². The van der Waals surface area contributed by atoms with Gasteiger partial charge in [0.1, 0.15) is 17.9 Å². The highest BCUT2D eigenvalue weighted by Crippen LogP contribution is 2.21. The third-order valence-corrected chi connectivity index (χ3v) is 3.67. The van der Waals surface area contributed by atoms with Gasteiger partial charge in [-0.25, -0.2) is 4.79 Å². The van der Waals surface area contributed by atoms with Crippen LogP contribution in [0.2, 0.25) is 0 Å². The summed E-state index contributed by atoms with van der Waals surface area (Å²) in [6.07, 6.45) is 0. The van der Waals surface area contributed by atoms with Crippen LogP contribution in [0.25, 0.3) is 0 Å². The summed E-state index contributed by atoms with van der Waals surface area (Å²) in [7, 11) is 0. The van der Waals surface area contributed by atoms with Gasteiger partial charge in [0.05, 0.1) is 0 Å². The molecule has 0 unspecified atom stereocenters. The van der Waals surface area contributed by atoms with Gasteiger partial charge < -0.3 is 14.8 Å². The van der Waals surface area contributed by atoms with Gasteiger partial charge in [0.25, 0.3) is 5.91 Å². The second-order valence-electron chi connectivity index (χ2n) is 5.71. The minimum absolute atomic E-state index is 0.00739. The molecule has 0 heterocycles. The molecule has 0 atom stereocenters. The van der Waals surface area contributed by atoms with Gasteiger partial charge >= 0.3 is 5.97 Å². The Kier molecular flexibility index (Phi) is 7.01. The van der Waals surface area contributed by atoms with Crippen molar-refractivity contribution in [1.29, 1.82) is 0 Å². The summed E-state index contributed by atoms with van der Waals surface area (Å²) in [6, 6.07) is 14.5. The molecule has 0 aromatic heterocycles. The van der Waals surface area contributed by atoms with Gasteiger partial charge in [0, 0.05) is 10.5 Å². The third-order valence-electron chi connectivity index (χ3n) is 3.17. The fraction of sp³-hybridized carbons (Fsp3) is 0.263. The lowest BCUT2D eigenvalue weighted by molar-refractivity contribution is -0.124. The molecule has 2 aromatic rings. The number of nitrogens with one attached hydrogen (secondary N) is 1. The Morgan fingerprint density at radius 1 is 1.12 bits per heavy atom. The summed E-state index contributed by atoms with van der Waals surface area (Å²) < 4.78 is 11.8. The number of carbonyl (C=O) groups excluding carboxylic acids is 2. The van der Waals surface area contributed by atoms with E-state index in [1.165, 1.54) is 0 Å². The Morgan fingerprint density at radius 2 is 1.88 bits per heavy atom. The number of ether oxygens (including phenoxy) is 2. The van der Waals surface area contributed by atoms with Crippen LogP contribution in [0.3, 0.4) is 0 Å². The maximum absolute atomic E-state index is 12.2. The highest BCUT2D eigenvalue weighted by atomic mass is 79.9. The molecule has 0 spiro atoms. The van der Waals surface area contributed by atoms with Crippen LogP contribution in [0.1, 0.15) is 29.8 Å². The van der Waals surface area contributed by atoms with E-state index in [-0.39, 0.29) is 24.1 Å². The van der Waals surface area contributed by atoms with Gasteiger partial charge in [-0.15, -0.1) is 0 Å². The summed E-state index contributed by atoms with van der Waals surface area (Å²) in [5, 5.41) is 2.66. The lowest BCUT2D eigenvalue weighted by Gasteiger charge is -2.12. The van der Waals surface area contributed by atoms with E-state index in [9.17, 15) is 9.59 Å². The van der Waals surface area contributed by atoms with Gasteiger partial charge in [-0.3, -0.25) is 4.79 Å². The van der Waals surface area contributed by atoms with Crippen molar-refractivity contribution in [2.75, 3.05) is 6.61 Å². The van der Waals surface area contributed by atoms with Crippen LogP contribution in [0.4, 0.5) is 0 Å². The molecule has 0 aliphatic carbocycles. The van der Waals surface area contributed by atoms with E-state index in [0.29, 0.717) is 12.4 Å². The Bertz CT molecular complexity index is 746. The number of carbonyl (C=O) groups is 2. The summed E-state index contributed by atoms with van der Waals surface area (Å²) in [5.41, 5.74) is 1.25. The van der Waals surface area contributed by atoms with Crippen molar-refractivity contribution in [2.24, 2.45) is 0 Å². The zero-order valence-electron chi connectivity index (χ0n) is 14.1. The largest absolute Gasteiger partial charge is 0.488 e. The quantitative estimate of drug-likeness (QED) is 0.713. The van der Waals surface area contributed by atoms with Crippen molar-refractivity contribution >= 4 is 27.8 Å². The monoisotopic (exact) mass is 405 g/mol. The molecule has 6 heteroatoms. The van der Waals surface area contributed by atoms with Crippen molar-refractivity contribution in [1.82, 2.24) is 5.32 Å². The highest BCUT2D eigenvalue weighted by Gasteiger charge is 2.15. The average Bonchev–Trinajstić information content (AvgIpc) is 2.57. The number of benzene rings is 2. The molecule has 0 saturated heterocycles. The topological polar surface area (TPSA) is 64.6 Å². The standard InChI is InChI=1S/C19H20BrNO4/c1-13(2)21-18(22)12-25-19(23)16-8-3-4-9-17(16)24-11-14-6-5-7-15(20)10-14/h3-10,13H,11-12H2,1-2H3,(H,21,22). The van der Waals surface area contributed by atoms with E-state index < -0.39 is 5.97 Å². The lowest BCUT2D eigenvalue weighted by atomic mass is 10.2. The van der Waals surface area contributed by atoms with E-state index in [2.05, 4.69) is 21.2 Å². The van der Waals surface area contributed by atoms with E-state index in [4.69, 9.17) is 9.47 Å². The molecular weight excluding hydrogens is 386 g/mol. The molecule has 1 amide bonds. The van der Waals surface area contributed by atoms with Gasteiger partial charge in [0.15, 0.2) is 6.61 Å². The van der Waals surface area contributed by atoms with Crippen molar-refractivity contribution in [3.05, 3.63) is 64.1 Å². The number of esters is 1. The molecule has 0 radical (unpaired) electrons. The summed E-state index contributed by atoms with van der Waals surface area (Å²) in [6.45, 7) is 3.67. The zero-order valence-corrected chi connectivity index (χ0v) is 15.7. The molecule has 0 fully saturated rings. The number of hydrogen-bond donors (Lipinski definition) is 1. The second-order valence-corrected chi connectivity index (χ2v) is 6.63. The lowest BCUT2D eigenvalue weighted by Crippen LogP contribution is -2.34. The smallest absolute Gasteiger partial charge is 0.342 e. The molecule has 2 aromatic carbocycles. The number of amides is 1. The minimum atomic E-state index is -0.594. The molecule has 0 bridgehead atoms. The maximum atomic E-state index is 12.2. The van der Waals surface area contributed by atoms with Crippen LogP contribution in [-0.4, -0.2) is 24.5 Å². The van der Waals surface area contributed by atoms with Crippen LogP contribution in [0.5, 0.6) is 5.75 Å². The Balaban J connectivity index is 1.99. The van der Waals surface area contributed by atoms with E-state index in [1.807, 2.05) is 38.1 Å². The van der Waals surface area contributed by atoms with E-state index in [0.717, 1.165) is 10.0 Å². The molecule has 0 aliphatic rings. The molecule has 2 rings (SSSR count). The van der Waals surface area contributed by atoms with Gasteiger partial charge in [0.2, 0.25) is 0 Å². The first-order valence-electron chi connectivity index (χ1n) is 7.88. The molecule has 25 heavy (non-hydrogen) atoms. The fourth-order valence-electron chi connectivity index (χ4n) is 2.12. The first-order chi connectivity index (χ1) is 12.0. The molecule has 132 valence electrons. The van der Waals surface area contributed by atoms with Crippen molar-refractivity contribution in [3.63, 3.8) is 0 Å². The van der Waals surface area contributed by atoms with Crippen molar-refractivity contribution in [3.8, 4) is 5.75 Å². The molecule has 5 nitrogen and oxygen atoms in total. The van der Waals surface area contributed by atoms with Crippen LogP contribution >= 0.6 is 15.9 Å². The first kappa shape index (κ1) is 19.0. The van der Waals surface area contributed by atoms with Crippen molar-refractivity contribution < 1.29 is 19.1 Å². The second kappa shape index (κ2) is 9.22. The maximum Gasteiger partial charge on any atom is 0.342 e. The average molecular weight is 406 g/mol. The Morgan fingerprint density at radius 3 is 2.60 bits per heavy atom. The van der Waals surface area contributed by atoms with Crippen LogP contribution in [0, 0.1) is 0 Å². The Labute approximate surface area is 155 Å². The summed E-state index contributed by atoms with van der Waals surface area (Å²) in [5.74, 6) is -0.517. The van der Waals surface area contributed by atoms with Crippen LogP contribution in [-0.2, 0) is 16.1 Å². The number of halogens is 1. The zero-order chi connectivity index (χ0) is 18.2. The third kappa shape index (κ3) is 6.23. The normalized spacial score (nSPS) is 10.4. The summed E-state index contributed by atoms with van der Waals surface area (Å²) >= 11 is 3.41. The minimum Gasteiger partial charge on any atom is -0.488 e. The first-order valence-corrected chi connectivity index (χ1v) is 8.68. The van der Waals surface area contributed by atoms with E-state index in [1.54, 1.807) is 24.3 Å². The predicted octanol–water partition coefficient (Wildman–Crippen LogP) is 3.71. The molecular formula is C19H20BrNO4. The SMILES string of the molecule is CC(C)NC(=O)COC(=O)c1ccccc1OCc1cccc(Br)c1. The number of rotatable bonds is 7. The van der Waals surface area contributed by atoms with Gasteiger partial charge in [-0.1, -0.05) is 40.2 Å². The Hall–Kier alpha value is -2.34. The van der Waals surface area contributed by atoms with Gasteiger partial charge in [-0.05, 0) is 43.7 Å². The highest BCUT2D eigenvalue weighted by molar-refractivity contribution is 9.10. The number of hydrogen-bond acceptors (Lipinski definition) is 4. The number of para-hydroxylation sites is 1.